The molecule has 0 atom stereocenters. The lowest BCUT2D eigenvalue weighted by molar-refractivity contribution is 1.43. The molecule has 0 amide bonds. The van der Waals surface area contributed by atoms with Crippen LogP contribution in [0.1, 0.15) is 0 Å². The molecule has 68 valence electrons. The van der Waals surface area contributed by atoms with Gasteiger partial charge in [-0.1, -0.05) is 0 Å². The van der Waals surface area contributed by atoms with Crippen molar-refractivity contribution < 1.29 is 0 Å². The topological polar surface area (TPSA) is 38.9 Å². The minimum absolute atomic E-state index is 0.607. The van der Waals surface area contributed by atoms with Gasteiger partial charge >= 0.3 is 0 Å². The molecule has 2 aromatic rings. The Balaban J connectivity index is 2.46. The fraction of sp³-hybridized carbons (Fsp3) is 0. The predicted molar refractivity (Wildman–Crippen MR) is 65.2 cm³/mol. The van der Waals surface area contributed by atoms with Crippen molar-refractivity contribution in [2.45, 2.75) is 0 Å². The number of aromatic nitrogens is 1. The molecule has 0 aliphatic heterocycles. The average Bonchev–Trinajstić information content (AvgIpc) is 2.61. The molecule has 0 aromatic carbocycles. The summed E-state index contributed by atoms with van der Waals surface area (Å²) in [6.45, 7) is 0. The van der Waals surface area contributed by atoms with Crippen LogP contribution in [-0.2, 0) is 0 Å². The first-order valence-electron chi connectivity index (χ1n) is 3.33. The molecule has 2 heterocycles. The SMILES string of the molecule is Nc1nc(-c2cc(Br)c(Br)s2)cs1. The Morgan fingerprint density at radius 3 is 2.62 bits per heavy atom. The van der Waals surface area contributed by atoms with Crippen LogP contribution in [0.15, 0.2) is 19.7 Å². The van der Waals surface area contributed by atoms with Gasteiger partial charge in [-0.25, -0.2) is 4.98 Å². The molecular formula is C7H4Br2N2S2. The molecule has 0 saturated heterocycles. The second-order valence-electron chi connectivity index (χ2n) is 2.30. The summed E-state index contributed by atoms with van der Waals surface area (Å²) in [4.78, 5) is 5.32. The molecule has 2 nitrogen and oxygen atoms in total. The number of thiazole rings is 1. The maximum Gasteiger partial charge on any atom is 0.180 e. The second kappa shape index (κ2) is 3.68. The fourth-order valence-corrected chi connectivity index (χ4v) is 3.51. The van der Waals surface area contributed by atoms with Gasteiger partial charge in [0.05, 0.1) is 14.4 Å². The van der Waals surface area contributed by atoms with Gasteiger partial charge in [-0.2, -0.15) is 0 Å². The number of halogens is 2. The van der Waals surface area contributed by atoms with Gasteiger partial charge < -0.3 is 5.73 Å². The highest BCUT2D eigenvalue weighted by atomic mass is 79.9. The number of hydrogen-bond donors (Lipinski definition) is 1. The summed E-state index contributed by atoms with van der Waals surface area (Å²) < 4.78 is 2.13. The maximum absolute atomic E-state index is 5.55. The number of nitrogens with two attached hydrogens (primary N) is 1. The predicted octanol–water partition coefficient (Wildman–Crippen LogP) is 3.98. The van der Waals surface area contributed by atoms with E-state index in [0.29, 0.717) is 5.13 Å². The molecule has 0 aliphatic rings. The Morgan fingerprint density at radius 2 is 2.15 bits per heavy atom. The molecule has 0 bridgehead atoms. The molecular weight excluding hydrogens is 336 g/mol. The van der Waals surface area contributed by atoms with Crippen LogP contribution in [0.5, 0.6) is 0 Å². The highest BCUT2D eigenvalue weighted by Crippen LogP contribution is 2.38. The minimum atomic E-state index is 0.607. The molecule has 0 aliphatic carbocycles. The normalized spacial score (nSPS) is 10.6. The van der Waals surface area contributed by atoms with Crippen LogP contribution in [0.3, 0.4) is 0 Å². The van der Waals surface area contributed by atoms with Gasteiger partial charge in [0, 0.05) is 9.85 Å². The third-order valence-electron chi connectivity index (χ3n) is 1.42. The number of rotatable bonds is 1. The summed E-state index contributed by atoms with van der Waals surface area (Å²) in [5.74, 6) is 0. The third kappa shape index (κ3) is 1.96. The first-order chi connectivity index (χ1) is 6.16. The molecule has 0 spiro atoms. The van der Waals surface area contributed by atoms with E-state index in [1.54, 1.807) is 11.3 Å². The molecule has 2 aromatic heterocycles. The van der Waals surface area contributed by atoms with Gasteiger partial charge in [-0.05, 0) is 37.9 Å². The van der Waals surface area contributed by atoms with Crippen LogP contribution in [0.2, 0.25) is 0 Å². The van der Waals surface area contributed by atoms with Crippen molar-refractivity contribution in [2.24, 2.45) is 0 Å². The summed E-state index contributed by atoms with van der Waals surface area (Å²) in [6, 6.07) is 2.03. The number of hydrogen-bond acceptors (Lipinski definition) is 4. The van der Waals surface area contributed by atoms with Gasteiger partial charge in [0.2, 0.25) is 0 Å². The van der Waals surface area contributed by atoms with Crippen LogP contribution in [0.25, 0.3) is 10.6 Å². The Morgan fingerprint density at radius 1 is 1.38 bits per heavy atom. The van der Waals surface area contributed by atoms with Crippen LogP contribution < -0.4 is 5.73 Å². The largest absolute Gasteiger partial charge is 0.375 e. The molecule has 2 rings (SSSR count). The lowest BCUT2D eigenvalue weighted by Crippen LogP contribution is -1.80. The van der Waals surface area contributed by atoms with E-state index in [0.717, 1.165) is 18.8 Å². The maximum atomic E-state index is 5.55. The summed E-state index contributed by atoms with van der Waals surface area (Å²) in [6.07, 6.45) is 0. The van der Waals surface area contributed by atoms with Crippen molar-refractivity contribution in [2.75, 3.05) is 5.73 Å². The zero-order valence-electron chi connectivity index (χ0n) is 6.25. The highest BCUT2D eigenvalue weighted by molar-refractivity contribution is 9.13. The van der Waals surface area contributed by atoms with Crippen LogP contribution in [-0.4, -0.2) is 4.98 Å². The van der Waals surface area contributed by atoms with E-state index in [4.69, 9.17) is 5.73 Å². The van der Waals surface area contributed by atoms with E-state index in [-0.39, 0.29) is 0 Å². The fourth-order valence-electron chi connectivity index (χ4n) is 0.874. The van der Waals surface area contributed by atoms with Crippen molar-refractivity contribution in [1.82, 2.24) is 4.98 Å². The molecule has 2 N–H and O–H groups in total. The van der Waals surface area contributed by atoms with E-state index < -0.39 is 0 Å². The summed E-state index contributed by atoms with van der Waals surface area (Å²) >= 11 is 9.96. The van der Waals surface area contributed by atoms with Crippen molar-refractivity contribution in [3.63, 3.8) is 0 Å². The lowest BCUT2D eigenvalue weighted by atomic mass is 10.4. The monoisotopic (exact) mass is 338 g/mol. The number of thiophene rings is 1. The van der Waals surface area contributed by atoms with Gasteiger partial charge in [-0.15, -0.1) is 22.7 Å². The molecule has 0 fully saturated rings. The number of anilines is 1. The first kappa shape index (κ1) is 9.64. The Bertz CT molecular complexity index is 416. The second-order valence-corrected chi connectivity index (χ2v) is 6.42. The van der Waals surface area contributed by atoms with Crippen LogP contribution in [0, 0.1) is 0 Å². The van der Waals surface area contributed by atoms with Gasteiger partial charge in [-0.3, -0.25) is 0 Å². The van der Waals surface area contributed by atoms with E-state index in [1.165, 1.54) is 11.3 Å². The van der Waals surface area contributed by atoms with Crippen molar-refractivity contribution in [3.05, 3.63) is 19.7 Å². The van der Waals surface area contributed by atoms with Gasteiger partial charge in [0.25, 0.3) is 0 Å². The van der Waals surface area contributed by atoms with E-state index in [2.05, 4.69) is 36.8 Å². The Labute approximate surface area is 100 Å². The van der Waals surface area contributed by atoms with Crippen molar-refractivity contribution >= 4 is 59.7 Å². The van der Waals surface area contributed by atoms with Gasteiger partial charge in [0.1, 0.15) is 0 Å². The Hall–Kier alpha value is 0.0900. The smallest absolute Gasteiger partial charge is 0.180 e. The average molecular weight is 340 g/mol. The molecule has 0 unspecified atom stereocenters. The summed E-state index contributed by atoms with van der Waals surface area (Å²) in [5, 5.41) is 2.57. The van der Waals surface area contributed by atoms with Gasteiger partial charge in [0.15, 0.2) is 5.13 Å². The third-order valence-corrected chi connectivity index (χ3v) is 5.37. The zero-order valence-corrected chi connectivity index (χ0v) is 11.1. The quantitative estimate of drug-likeness (QED) is 0.853. The molecule has 0 saturated carbocycles. The molecule has 6 heteroatoms. The summed E-state index contributed by atoms with van der Waals surface area (Å²) in [7, 11) is 0. The van der Waals surface area contributed by atoms with Crippen LogP contribution >= 0.6 is 54.5 Å². The number of nitrogens with zero attached hydrogens (tertiary/aromatic N) is 1. The summed E-state index contributed by atoms with van der Waals surface area (Å²) in [5.41, 5.74) is 6.49. The van der Waals surface area contributed by atoms with E-state index in [1.807, 2.05) is 11.4 Å². The van der Waals surface area contributed by atoms with E-state index in [9.17, 15) is 0 Å². The lowest BCUT2D eigenvalue weighted by Gasteiger charge is -1.85. The molecule has 13 heavy (non-hydrogen) atoms. The zero-order chi connectivity index (χ0) is 9.42. The standard InChI is InChI=1S/C7H4Br2N2S2/c8-3-1-5(13-6(3)9)4-2-12-7(10)11-4/h1-2H,(H2,10,11). The van der Waals surface area contributed by atoms with Crippen molar-refractivity contribution in [1.29, 1.82) is 0 Å². The van der Waals surface area contributed by atoms with E-state index >= 15 is 0 Å². The highest BCUT2D eigenvalue weighted by Gasteiger charge is 2.08. The Kier molecular flexibility index (Phi) is 2.73. The van der Waals surface area contributed by atoms with Crippen LogP contribution in [0.4, 0.5) is 5.13 Å². The first-order valence-corrected chi connectivity index (χ1v) is 6.61. The van der Waals surface area contributed by atoms with Crippen molar-refractivity contribution in [3.8, 4) is 10.6 Å². The molecule has 0 radical (unpaired) electrons. The number of nitrogen functional groups attached to an aromatic ring is 1. The minimum Gasteiger partial charge on any atom is -0.375 e.